The van der Waals surface area contributed by atoms with E-state index in [2.05, 4.69) is 64.3 Å². The molecule has 0 aliphatic carbocycles. The number of pyridine rings is 1. The van der Waals surface area contributed by atoms with Crippen LogP contribution in [0.3, 0.4) is 0 Å². The topological polar surface area (TPSA) is 41.9 Å². The number of thiophene rings is 1. The average molecular weight is 360 g/mol. The van der Waals surface area contributed by atoms with E-state index in [1.807, 2.05) is 24.4 Å². The maximum atomic E-state index is 4.60. The van der Waals surface area contributed by atoms with E-state index >= 15 is 0 Å². The van der Waals surface area contributed by atoms with Gasteiger partial charge in [0.1, 0.15) is 17.0 Å². The Morgan fingerprint density at radius 3 is 2.65 bits per heavy atom. The zero-order valence-corrected chi connectivity index (χ0v) is 15.9. The minimum absolute atomic E-state index is 0.704. The van der Waals surface area contributed by atoms with Crippen LogP contribution in [0.4, 0.5) is 5.82 Å². The normalized spacial score (nSPS) is 11.0. The third-order valence-corrected chi connectivity index (χ3v) is 5.54. The third kappa shape index (κ3) is 3.06. The number of benzene rings is 1. The Hall–Kier alpha value is -2.79. The van der Waals surface area contributed by atoms with Crippen LogP contribution in [0.5, 0.6) is 0 Å². The van der Waals surface area contributed by atoms with E-state index in [9.17, 15) is 0 Å². The van der Waals surface area contributed by atoms with Gasteiger partial charge in [-0.05, 0) is 42.7 Å². The first-order chi connectivity index (χ1) is 12.6. The summed E-state index contributed by atoms with van der Waals surface area (Å²) in [6, 6.07) is 12.6. The summed E-state index contributed by atoms with van der Waals surface area (Å²) in [5, 5.41) is 3.29. The molecule has 0 bridgehead atoms. The van der Waals surface area contributed by atoms with Gasteiger partial charge < -0.3 is 4.90 Å². The van der Waals surface area contributed by atoms with Gasteiger partial charge in [0.05, 0.1) is 17.6 Å². The van der Waals surface area contributed by atoms with Crippen LogP contribution < -0.4 is 4.90 Å². The van der Waals surface area contributed by atoms with Crippen molar-refractivity contribution in [1.82, 2.24) is 15.0 Å². The quantitative estimate of drug-likeness (QED) is 0.513. The van der Waals surface area contributed by atoms with Gasteiger partial charge in [-0.2, -0.15) is 0 Å². The summed E-state index contributed by atoms with van der Waals surface area (Å²) in [7, 11) is 2.05. The number of aryl methyl sites for hydroxylation is 2. The van der Waals surface area contributed by atoms with Crippen LogP contribution in [0.15, 0.2) is 54.3 Å². The van der Waals surface area contributed by atoms with E-state index in [1.165, 1.54) is 22.3 Å². The van der Waals surface area contributed by atoms with E-state index in [4.69, 9.17) is 0 Å². The molecule has 3 heterocycles. The van der Waals surface area contributed by atoms with Gasteiger partial charge in [-0.25, -0.2) is 9.97 Å². The molecule has 0 saturated carbocycles. The number of anilines is 1. The summed E-state index contributed by atoms with van der Waals surface area (Å²) in [4.78, 5) is 16.7. The van der Waals surface area contributed by atoms with Gasteiger partial charge >= 0.3 is 0 Å². The van der Waals surface area contributed by atoms with Gasteiger partial charge in [-0.15, -0.1) is 11.3 Å². The molecule has 130 valence electrons. The van der Waals surface area contributed by atoms with Crippen molar-refractivity contribution < 1.29 is 0 Å². The largest absolute Gasteiger partial charge is 0.353 e. The van der Waals surface area contributed by atoms with Crippen LogP contribution in [-0.2, 0) is 6.54 Å². The molecule has 4 nitrogen and oxygen atoms in total. The summed E-state index contributed by atoms with van der Waals surface area (Å²) in [5.74, 6) is 0.940. The second-order valence-corrected chi connectivity index (χ2v) is 7.36. The Kier molecular flexibility index (Phi) is 4.39. The molecule has 0 N–H and O–H groups in total. The molecule has 4 rings (SSSR count). The first-order valence-electron chi connectivity index (χ1n) is 8.54. The molecule has 0 saturated heterocycles. The van der Waals surface area contributed by atoms with Crippen molar-refractivity contribution in [3.8, 4) is 11.1 Å². The molecule has 3 aromatic heterocycles. The number of hydrogen-bond donors (Lipinski definition) is 0. The first-order valence-corrected chi connectivity index (χ1v) is 9.42. The van der Waals surface area contributed by atoms with Crippen molar-refractivity contribution in [2.45, 2.75) is 20.4 Å². The Labute approximate surface area is 157 Å². The lowest BCUT2D eigenvalue weighted by Crippen LogP contribution is -2.18. The zero-order chi connectivity index (χ0) is 18.1. The predicted octanol–water partition coefficient (Wildman–Crippen LogP) is 5.01. The van der Waals surface area contributed by atoms with E-state index in [0.29, 0.717) is 6.54 Å². The highest BCUT2D eigenvalue weighted by Gasteiger charge is 2.16. The Bertz CT molecular complexity index is 1060. The van der Waals surface area contributed by atoms with E-state index in [1.54, 1.807) is 17.7 Å². The lowest BCUT2D eigenvalue weighted by atomic mass is 10.0. The molecule has 26 heavy (non-hydrogen) atoms. The second-order valence-electron chi connectivity index (χ2n) is 6.50. The molecule has 0 spiro atoms. The van der Waals surface area contributed by atoms with Gasteiger partial charge in [0.2, 0.25) is 0 Å². The third-order valence-electron chi connectivity index (χ3n) is 4.66. The Balaban J connectivity index is 1.80. The van der Waals surface area contributed by atoms with Crippen LogP contribution in [0.2, 0.25) is 0 Å². The van der Waals surface area contributed by atoms with Crippen LogP contribution in [0, 0.1) is 13.8 Å². The Morgan fingerprint density at radius 2 is 1.88 bits per heavy atom. The maximum Gasteiger partial charge on any atom is 0.141 e. The molecule has 0 unspecified atom stereocenters. The molecule has 0 aliphatic heterocycles. The van der Waals surface area contributed by atoms with Crippen molar-refractivity contribution in [2.24, 2.45) is 0 Å². The van der Waals surface area contributed by atoms with Gasteiger partial charge in [0.15, 0.2) is 0 Å². The van der Waals surface area contributed by atoms with Gasteiger partial charge in [-0.1, -0.05) is 24.3 Å². The minimum atomic E-state index is 0.704. The Morgan fingerprint density at radius 1 is 1.00 bits per heavy atom. The number of rotatable bonds is 4. The summed E-state index contributed by atoms with van der Waals surface area (Å²) in [5.41, 5.74) is 6.02. The van der Waals surface area contributed by atoms with Gasteiger partial charge in [-0.3, -0.25) is 4.98 Å². The number of hydrogen-bond acceptors (Lipinski definition) is 5. The summed E-state index contributed by atoms with van der Waals surface area (Å²) in [6.07, 6.45) is 3.47. The minimum Gasteiger partial charge on any atom is -0.353 e. The van der Waals surface area contributed by atoms with Crippen LogP contribution in [0.1, 0.15) is 16.8 Å². The molecule has 0 atom stereocenters. The monoisotopic (exact) mass is 360 g/mol. The number of fused-ring (bicyclic) bond motifs is 1. The van der Waals surface area contributed by atoms with E-state index < -0.39 is 0 Å². The van der Waals surface area contributed by atoms with Crippen LogP contribution in [-0.4, -0.2) is 22.0 Å². The van der Waals surface area contributed by atoms with Crippen molar-refractivity contribution in [1.29, 1.82) is 0 Å². The van der Waals surface area contributed by atoms with Crippen molar-refractivity contribution in [3.63, 3.8) is 0 Å². The lowest BCUT2D eigenvalue weighted by molar-refractivity contribution is 0.868. The standard InChI is InChI=1S/C21H20N4S/c1-14-7-8-16(10-15(14)2)18-12-26-21-19(18)20(23-13-24-21)25(3)11-17-6-4-5-9-22-17/h4-10,12-13H,11H2,1-3H3. The molecule has 0 amide bonds. The second kappa shape index (κ2) is 6.84. The summed E-state index contributed by atoms with van der Waals surface area (Å²) < 4.78 is 0. The van der Waals surface area contributed by atoms with Crippen molar-refractivity contribution in [2.75, 3.05) is 11.9 Å². The highest BCUT2D eigenvalue weighted by Crippen LogP contribution is 2.38. The molecule has 0 fully saturated rings. The van der Waals surface area contributed by atoms with Gasteiger partial charge in [0, 0.05) is 24.2 Å². The van der Waals surface area contributed by atoms with Crippen molar-refractivity contribution >= 4 is 27.4 Å². The molecule has 0 radical (unpaired) electrons. The number of aromatic nitrogens is 3. The highest BCUT2D eigenvalue weighted by molar-refractivity contribution is 7.17. The van der Waals surface area contributed by atoms with E-state index in [0.717, 1.165) is 21.7 Å². The molecular weight excluding hydrogens is 340 g/mol. The predicted molar refractivity (Wildman–Crippen MR) is 109 cm³/mol. The number of nitrogens with zero attached hydrogens (tertiary/aromatic N) is 4. The SMILES string of the molecule is Cc1ccc(-c2csc3ncnc(N(C)Cc4ccccn4)c23)cc1C. The smallest absolute Gasteiger partial charge is 0.141 e. The van der Waals surface area contributed by atoms with Crippen molar-refractivity contribution in [3.05, 3.63) is 71.1 Å². The zero-order valence-electron chi connectivity index (χ0n) is 15.1. The highest BCUT2D eigenvalue weighted by atomic mass is 32.1. The molecular formula is C21H20N4S. The van der Waals surface area contributed by atoms with Gasteiger partial charge in [0.25, 0.3) is 0 Å². The van der Waals surface area contributed by atoms with Crippen LogP contribution >= 0.6 is 11.3 Å². The average Bonchev–Trinajstić information content (AvgIpc) is 3.09. The fourth-order valence-corrected chi connectivity index (χ4v) is 3.99. The molecule has 4 aromatic rings. The summed E-state index contributed by atoms with van der Waals surface area (Å²) in [6.45, 7) is 4.99. The van der Waals surface area contributed by atoms with Crippen LogP contribution in [0.25, 0.3) is 21.3 Å². The molecule has 1 aromatic carbocycles. The lowest BCUT2D eigenvalue weighted by Gasteiger charge is -2.19. The fraction of sp³-hybridized carbons (Fsp3) is 0.190. The first kappa shape index (κ1) is 16.7. The molecule has 0 aliphatic rings. The summed E-state index contributed by atoms with van der Waals surface area (Å²) >= 11 is 1.66. The van der Waals surface area contributed by atoms with E-state index in [-0.39, 0.29) is 0 Å². The fourth-order valence-electron chi connectivity index (χ4n) is 3.08. The maximum absolute atomic E-state index is 4.60. The molecule has 5 heteroatoms.